The number of nitrogens with zero attached hydrogens (tertiary/aromatic N) is 1. The van der Waals surface area contributed by atoms with Gasteiger partial charge in [-0.2, -0.15) is 0 Å². The molecule has 0 spiro atoms. The van der Waals surface area contributed by atoms with Crippen molar-refractivity contribution in [2.24, 2.45) is 0 Å². The molecule has 1 aromatic rings. The minimum absolute atomic E-state index is 0.572. The van der Waals surface area contributed by atoms with E-state index in [1.165, 1.54) is 10.8 Å². The van der Waals surface area contributed by atoms with E-state index in [0.717, 1.165) is 6.54 Å². The predicted molar refractivity (Wildman–Crippen MR) is 125 cm³/mol. The maximum Gasteiger partial charge on any atom is 0.203 e. The first-order valence-electron chi connectivity index (χ1n) is 9.48. The van der Waals surface area contributed by atoms with Gasteiger partial charge in [0.2, 0.25) is 7.83 Å². The first-order valence-corrected chi connectivity index (χ1v) is 23.2. The van der Waals surface area contributed by atoms with Gasteiger partial charge in [-0.25, -0.2) is 0 Å². The summed E-state index contributed by atoms with van der Waals surface area (Å²) in [6, 6.07) is 8.81. The Kier molecular flexibility index (Phi) is 6.97. The van der Waals surface area contributed by atoms with Crippen molar-refractivity contribution >= 4 is 36.8 Å². The molecule has 1 rings (SSSR count). The highest BCUT2D eigenvalue weighted by molar-refractivity contribution is 7.48. The molecule has 0 radical (unpaired) electrons. The summed E-state index contributed by atoms with van der Waals surface area (Å²) in [7, 11) is -3.16. The highest BCUT2D eigenvalue weighted by Gasteiger charge is 2.60. The Bertz CT molecular complexity index is 570. The molecule has 0 fully saturated rings. The third-order valence-electron chi connectivity index (χ3n) is 5.21. The van der Waals surface area contributed by atoms with Gasteiger partial charge in [-0.1, -0.05) is 83.2 Å². The number of benzene rings is 1. The highest BCUT2D eigenvalue weighted by Crippen LogP contribution is 2.43. The van der Waals surface area contributed by atoms with Gasteiger partial charge in [-0.15, -0.1) is 0 Å². The molecular formula is C19H41NOSi4. The zero-order valence-electron chi connectivity index (χ0n) is 18.5. The van der Waals surface area contributed by atoms with Gasteiger partial charge in [0.15, 0.2) is 0 Å². The quantitative estimate of drug-likeness (QED) is 0.671. The summed E-state index contributed by atoms with van der Waals surface area (Å²) in [5.41, 5.74) is 1.35. The third kappa shape index (κ3) is 5.05. The van der Waals surface area contributed by atoms with Crippen molar-refractivity contribution in [1.82, 2.24) is 4.90 Å². The summed E-state index contributed by atoms with van der Waals surface area (Å²) in [6.07, 6.45) is 0. The van der Waals surface area contributed by atoms with Crippen LogP contribution in [0.2, 0.25) is 63.7 Å². The maximum atomic E-state index is 12.7. The Morgan fingerprint density at radius 1 is 0.840 bits per heavy atom. The Morgan fingerprint density at radius 3 is 1.64 bits per heavy atom. The number of hydrogen-bond acceptors (Lipinski definition) is 2. The van der Waals surface area contributed by atoms with Crippen molar-refractivity contribution in [3.63, 3.8) is 0 Å². The lowest BCUT2D eigenvalue weighted by molar-refractivity contribution is 0.403. The molecule has 1 atom stereocenters. The molecule has 1 aromatic carbocycles. The largest absolute Gasteiger partial charge is 0.430 e. The lowest BCUT2D eigenvalue weighted by atomic mass is 10.2. The van der Waals surface area contributed by atoms with E-state index in [1.54, 1.807) is 0 Å². The summed E-state index contributed by atoms with van der Waals surface area (Å²) in [5.74, 6) is 0. The molecule has 1 N–H and O–H groups in total. The fraction of sp³-hybridized carbons (Fsp3) is 0.684. The van der Waals surface area contributed by atoms with Crippen molar-refractivity contribution in [2.45, 2.75) is 70.3 Å². The molecule has 6 heteroatoms. The first-order chi connectivity index (χ1) is 11.0. The van der Waals surface area contributed by atoms with E-state index in [9.17, 15) is 4.80 Å². The number of hydrogen-bond donors (Lipinski definition) is 1. The molecule has 25 heavy (non-hydrogen) atoms. The van der Waals surface area contributed by atoms with Crippen LogP contribution in [-0.2, 0) is 6.54 Å². The molecular weight excluding hydrogens is 371 g/mol. The Hall–Kier alpha value is 0.00753. The molecule has 0 aliphatic heterocycles. The lowest BCUT2D eigenvalue weighted by Gasteiger charge is -2.53. The topological polar surface area (TPSA) is 23.5 Å². The second kappa shape index (κ2) is 7.56. The van der Waals surface area contributed by atoms with Crippen molar-refractivity contribution < 1.29 is 4.80 Å². The smallest absolute Gasteiger partial charge is 0.203 e. The van der Waals surface area contributed by atoms with Gasteiger partial charge < -0.3 is 9.70 Å². The molecule has 144 valence electrons. The summed E-state index contributed by atoms with van der Waals surface area (Å²) >= 11 is 0. The average Bonchev–Trinajstić information content (AvgIpc) is 2.33. The van der Waals surface area contributed by atoms with E-state index in [1.807, 2.05) is 0 Å². The Balaban J connectivity index is 3.80. The number of rotatable bonds is 7. The molecule has 0 amide bonds. The van der Waals surface area contributed by atoms with Crippen molar-refractivity contribution in [3.8, 4) is 0 Å². The highest BCUT2D eigenvalue weighted by atomic mass is 29.3. The molecule has 2 nitrogen and oxygen atoms in total. The van der Waals surface area contributed by atoms with Crippen LogP contribution in [0.15, 0.2) is 24.3 Å². The van der Waals surface area contributed by atoms with Crippen LogP contribution in [0.5, 0.6) is 0 Å². The second-order valence-corrected chi connectivity index (χ2v) is 37.4. The molecule has 0 saturated heterocycles. The van der Waals surface area contributed by atoms with Gasteiger partial charge in [0.25, 0.3) is 0 Å². The monoisotopic (exact) mass is 411 g/mol. The zero-order valence-corrected chi connectivity index (χ0v) is 22.5. The predicted octanol–water partition coefficient (Wildman–Crippen LogP) is 4.43. The minimum atomic E-state index is -2.60. The van der Waals surface area contributed by atoms with Gasteiger partial charge in [0.05, 0.1) is 7.59 Å². The van der Waals surface area contributed by atoms with E-state index < -0.39 is 31.6 Å². The van der Waals surface area contributed by atoms with Crippen molar-refractivity contribution in [3.05, 3.63) is 29.8 Å². The van der Waals surface area contributed by atoms with Gasteiger partial charge >= 0.3 is 0 Å². The molecule has 0 aromatic heterocycles. The summed E-state index contributed by atoms with van der Waals surface area (Å²) in [6.45, 7) is 23.1. The van der Waals surface area contributed by atoms with Crippen LogP contribution in [0.4, 0.5) is 0 Å². The minimum Gasteiger partial charge on any atom is -0.430 e. The Labute approximate surface area is 160 Å². The van der Waals surface area contributed by atoms with Crippen molar-refractivity contribution in [1.29, 1.82) is 0 Å². The van der Waals surface area contributed by atoms with Crippen molar-refractivity contribution in [2.75, 3.05) is 14.1 Å². The Morgan fingerprint density at radius 2 is 1.28 bits per heavy atom. The standard InChI is InChI=1S/C19H41NOSi4/c1-20(2)16-17-14-12-13-15-18(17)25(21,24(9,10)11)19(22(3,4)5)23(6,7)8/h12-15,19,21H,16H2,1-11H3. The molecule has 0 aliphatic rings. The van der Waals surface area contributed by atoms with E-state index in [-0.39, 0.29) is 0 Å². The average molecular weight is 412 g/mol. The second-order valence-electron chi connectivity index (χ2n) is 11.1. The summed E-state index contributed by atoms with van der Waals surface area (Å²) < 4.78 is 0. The molecule has 0 heterocycles. The maximum absolute atomic E-state index is 12.7. The molecule has 1 unspecified atom stereocenters. The van der Waals surface area contributed by atoms with E-state index in [2.05, 4.69) is 102 Å². The van der Waals surface area contributed by atoms with Crippen LogP contribution in [0.25, 0.3) is 0 Å². The van der Waals surface area contributed by atoms with Crippen LogP contribution >= 0.6 is 0 Å². The molecule has 0 bridgehead atoms. The first kappa shape index (κ1) is 23.0. The fourth-order valence-corrected chi connectivity index (χ4v) is 50.6. The third-order valence-corrected chi connectivity index (χ3v) is 36.3. The van der Waals surface area contributed by atoms with E-state index in [4.69, 9.17) is 0 Å². The zero-order chi connectivity index (χ0) is 19.8. The molecule has 0 aliphatic carbocycles. The molecule has 0 saturated carbocycles. The van der Waals surface area contributed by atoms with Gasteiger partial charge in [-0.05, 0) is 29.6 Å². The van der Waals surface area contributed by atoms with Crippen LogP contribution in [0.3, 0.4) is 0 Å². The normalized spacial score (nSPS) is 16.4. The van der Waals surface area contributed by atoms with Crippen LogP contribution in [0, 0.1) is 0 Å². The van der Waals surface area contributed by atoms with E-state index in [0.29, 0.717) is 4.79 Å². The van der Waals surface area contributed by atoms with E-state index >= 15 is 0 Å². The van der Waals surface area contributed by atoms with Crippen LogP contribution in [0.1, 0.15) is 5.56 Å². The van der Waals surface area contributed by atoms with Crippen LogP contribution < -0.4 is 5.19 Å². The lowest BCUT2D eigenvalue weighted by Crippen LogP contribution is -2.76. The van der Waals surface area contributed by atoms with Gasteiger partial charge in [0, 0.05) is 22.7 Å². The SMILES string of the molecule is CN(C)Cc1ccccc1[Si](O)(C([Si](C)(C)C)[Si](C)(C)C)[Si](C)(C)C. The van der Waals surface area contributed by atoms with Crippen LogP contribution in [-0.4, -0.2) is 55.4 Å². The van der Waals surface area contributed by atoms with Gasteiger partial charge in [-0.3, -0.25) is 0 Å². The fourth-order valence-electron chi connectivity index (χ4n) is 4.92. The van der Waals surface area contributed by atoms with Gasteiger partial charge in [0.1, 0.15) is 0 Å². The summed E-state index contributed by atoms with van der Waals surface area (Å²) in [5, 5.41) is 1.35. The summed E-state index contributed by atoms with van der Waals surface area (Å²) in [4.78, 5) is 15.5.